The average Bonchev–Trinajstić information content (AvgIpc) is 2.38. The maximum absolute atomic E-state index is 12.2. The molecule has 1 fully saturated rings. The van der Waals surface area contributed by atoms with E-state index in [2.05, 4.69) is 0 Å². The zero-order valence-electron chi connectivity index (χ0n) is 9.80. The number of amides is 1. The third kappa shape index (κ3) is 2.58. The molecule has 0 radical (unpaired) electrons. The average molecular weight is 234 g/mol. The quantitative estimate of drug-likeness (QED) is 0.753. The van der Waals surface area contributed by atoms with Gasteiger partial charge in [-0.1, -0.05) is 12.1 Å². The molecule has 3 N–H and O–H groups in total. The van der Waals surface area contributed by atoms with Crippen molar-refractivity contribution in [1.29, 1.82) is 0 Å². The molecule has 1 aromatic carbocycles. The standard InChI is InChI=1S/C13H18N2O2/c14-12-6-2-1-5-11(12)13(17)15-7-3-4-10(8-15)9-16/h1-2,5-6,10,16H,3-4,7-9,14H2. The first-order chi connectivity index (χ1) is 8.22. The van der Waals surface area contributed by atoms with Crippen molar-refractivity contribution in [2.24, 2.45) is 5.92 Å². The highest BCUT2D eigenvalue weighted by Gasteiger charge is 2.24. The Bertz CT molecular complexity index is 406. The first kappa shape index (κ1) is 11.9. The van der Waals surface area contributed by atoms with Crippen LogP contribution in [-0.2, 0) is 0 Å². The van der Waals surface area contributed by atoms with Gasteiger partial charge in [-0.25, -0.2) is 0 Å². The van der Waals surface area contributed by atoms with Gasteiger partial charge in [0, 0.05) is 25.4 Å². The summed E-state index contributed by atoms with van der Waals surface area (Å²) in [5, 5.41) is 9.15. The van der Waals surface area contributed by atoms with Crippen LogP contribution in [0.25, 0.3) is 0 Å². The summed E-state index contributed by atoms with van der Waals surface area (Å²) in [4.78, 5) is 14.0. The van der Waals surface area contributed by atoms with Crippen LogP contribution in [0.15, 0.2) is 24.3 Å². The molecule has 0 aromatic heterocycles. The molecule has 17 heavy (non-hydrogen) atoms. The lowest BCUT2D eigenvalue weighted by molar-refractivity contribution is 0.0622. The number of hydrogen-bond donors (Lipinski definition) is 2. The van der Waals surface area contributed by atoms with Crippen LogP contribution in [0.3, 0.4) is 0 Å². The van der Waals surface area contributed by atoms with E-state index in [1.165, 1.54) is 0 Å². The monoisotopic (exact) mass is 234 g/mol. The minimum absolute atomic E-state index is 0.0266. The number of piperidine rings is 1. The fraction of sp³-hybridized carbons (Fsp3) is 0.462. The summed E-state index contributed by atoms with van der Waals surface area (Å²) in [5.74, 6) is 0.180. The zero-order valence-corrected chi connectivity index (χ0v) is 9.80. The lowest BCUT2D eigenvalue weighted by atomic mass is 9.98. The molecule has 1 atom stereocenters. The second-order valence-corrected chi connectivity index (χ2v) is 4.53. The molecule has 1 amide bonds. The van der Waals surface area contributed by atoms with Gasteiger partial charge in [0.25, 0.3) is 5.91 Å². The summed E-state index contributed by atoms with van der Waals surface area (Å²) in [6.07, 6.45) is 1.94. The molecule has 1 saturated heterocycles. The van der Waals surface area contributed by atoms with Crippen molar-refractivity contribution in [1.82, 2.24) is 4.90 Å². The Morgan fingerprint density at radius 2 is 2.24 bits per heavy atom. The number of hydrogen-bond acceptors (Lipinski definition) is 3. The van der Waals surface area contributed by atoms with Crippen molar-refractivity contribution in [3.8, 4) is 0 Å². The molecular weight excluding hydrogens is 216 g/mol. The van der Waals surface area contributed by atoms with Crippen LogP contribution in [0.2, 0.25) is 0 Å². The topological polar surface area (TPSA) is 66.6 Å². The Hall–Kier alpha value is -1.55. The third-order valence-electron chi connectivity index (χ3n) is 3.26. The number of benzene rings is 1. The number of carbonyl (C=O) groups excluding carboxylic acids is 1. The number of aliphatic hydroxyl groups excluding tert-OH is 1. The second-order valence-electron chi connectivity index (χ2n) is 4.53. The van der Waals surface area contributed by atoms with E-state index in [9.17, 15) is 4.79 Å². The Balaban J connectivity index is 2.12. The second kappa shape index (κ2) is 5.19. The summed E-state index contributed by atoms with van der Waals surface area (Å²) < 4.78 is 0. The van der Waals surface area contributed by atoms with E-state index in [4.69, 9.17) is 10.8 Å². The van der Waals surface area contributed by atoms with E-state index in [1.54, 1.807) is 17.0 Å². The van der Waals surface area contributed by atoms with E-state index in [1.807, 2.05) is 12.1 Å². The van der Waals surface area contributed by atoms with Crippen LogP contribution in [0.4, 0.5) is 5.69 Å². The predicted molar refractivity (Wildman–Crippen MR) is 66.6 cm³/mol. The maximum Gasteiger partial charge on any atom is 0.255 e. The molecule has 1 aliphatic heterocycles. The van der Waals surface area contributed by atoms with E-state index < -0.39 is 0 Å². The highest BCUT2D eigenvalue weighted by molar-refractivity contribution is 5.99. The van der Waals surface area contributed by atoms with Gasteiger partial charge in [0.2, 0.25) is 0 Å². The molecule has 2 rings (SSSR count). The van der Waals surface area contributed by atoms with Gasteiger partial charge in [0.1, 0.15) is 0 Å². The van der Waals surface area contributed by atoms with Crippen LogP contribution in [0.5, 0.6) is 0 Å². The van der Waals surface area contributed by atoms with Crippen LogP contribution in [0, 0.1) is 5.92 Å². The fourth-order valence-electron chi connectivity index (χ4n) is 2.26. The fourth-order valence-corrected chi connectivity index (χ4v) is 2.26. The zero-order chi connectivity index (χ0) is 12.3. The van der Waals surface area contributed by atoms with Crippen molar-refractivity contribution >= 4 is 11.6 Å². The summed E-state index contributed by atoms with van der Waals surface area (Å²) in [6.45, 7) is 1.53. The Kier molecular flexibility index (Phi) is 3.64. The molecule has 1 heterocycles. The number of para-hydroxylation sites is 1. The number of rotatable bonds is 2. The van der Waals surface area contributed by atoms with Crippen LogP contribution in [0.1, 0.15) is 23.2 Å². The summed E-state index contributed by atoms with van der Waals surface area (Å²) >= 11 is 0. The van der Waals surface area contributed by atoms with Gasteiger partial charge >= 0.3 is 0 Å². The predicted octanol–water partition coefficient (Wildman–Crippen LogP) is 1.11. The normalized spacial score (nSPS) is 20.3. The lowest BCUT2D eigenvalue weighted by Crippen LogP contribution is -2.41. The van der Waals surface area contributed by atoms with Crippen LogP contribution < -0.4 is 5.73 Å². The Morgan fingerprint density at radius 1 is 1.47 bits per heavy atom. The van der Waals surface area contributed by atoms with Crippen molar-refractivity contribution in [3.05, 3.63) is 29.8 Å². The summed E-state index contributed by atoms with van der Waals surface area (Å²) in [5.41, 5.74) is 6.88. The molecule has 4 heteroatoms. The van der Waals surface area contributed by atoms with E-state index in [0.29, 0.717) is 17.8 Å². The molecule has 0 aliphatic carbocycles. The maximum atomic E-state index is 12.2. The molecule has 1 unspecified atom stereocenters. The Morgan fingerprint density at radius 3 is 2.94 bits per heavy atom. The number of anilines is 1. The minimum Gasteiger partial charge on any atom is -0.398 e. The van der Waals surface area contributed by atoms with Gasteiger partial charge in [-0.3, -0.25) is 4.79 Å². The summed E-state index contributed by atoms with van der Waals surface area (Å²) in [7, 11) is 0. The van der Waals surface area contributed by atoms with E-state index in [0.717, 1.165) is 19.4 Å². The van der Waals surface area contributed by atoms with Gasteiger partial charge in [-0.2, -0.15) is 0 Å². The highest BCUT2D eigenvalue weighted by atomic mass is 16.3. The summed E-state index contributed by atoms with van der Waals surface area (Å²) in [6, 6.07) is 7.12. The number of nitrogen functional groups attached to an aromatic ring is 1. The van der Waals surface area contributed by atoms with E-state index >= 15 is 0 Å². The molecule has 1 aromatic rings. The number of carbonyl (C=O) groups is 1. The SMILES string of the molecule is Nc1ccccc1C(=O)N1CCCC(CO)C1. The molecular formula is C13H18N2O2. The van der Waals surface area contributed by atoms with Crippen molar-refractivity contribution in [2.45, 2.75) is 12.8 Å². The smallest absolute Gasteiger partial charge is 0.255 e. The van der Waals surface area contributed by atoms with Crippen LogP contribution >= 0.6 is 0 Å². The highest BCUT2D eigenvalue weighted by Crippen LogP contribution is 2.20. The first-order valence-corrected chi connectivity index (χ1v) is 5.97. The molecule has 92 valence electrons. The van der Waals surface area contributed by atoms with Gasteiger partial charge in [-0.05, 0) is 30.9 Å². The molecule has 0 bridgehead atoms. The van der Waals surface area contributed by atoms with Crippen LogP contribution in [-0.4, -0.2) is 35.6 Å². The largest absolute Gasteiger partial charge is 0.398 e. The van der Waals surface area contributed by atoms with Gasteiger partial charge < -0.3 is 15.7 Å². The van der Waals surface area contributed by atoms with Crippen molar-refractivity contribution in [3.63, 3.8) is 0 Å². The van der Waals surface area contributed by atoms with Gasteiger partial charge in [0.15, 0.2) is 0 Å². The molecule has 4 nitrogen and oxygen atoms in total. The number of nitrogens with zero attached hydrogens (tertiary/aromatic N) is 1. The van der Waals surface area contributed by atoms with Crippen molar-refractivity contribution < 1.29 is 9.90 Å². The van der Waals surface area contributed by atoms with Gasteiger partial charge in [-0.15, -0.1) is 0 Å². The van der Waals surface area contributed by atoms with Crippen molar-refractivity contribution in [2.75, 3.05) is 25.4 Å². The minimum atomic E-state index is -0.0266. The number of likely N-dealkylation sites (tertiary alicyclic amines) is 1. The van der Waals surface area contributed by atoms with E-state index in [-0.39, 0.29) is 18.4 Å². The number of nitrogens with two attached hydrogens (primary N) is 1. The third-order valence-corrected chi connectivity index (χ3v) is 3.26. The first-order valence-electron chi connectivity index (χ1n) is 5.97. The molecule has 0 spiro atoms. The Labute approximate surface area is 101 Å². The molecule has 0 saturated carbocycles. The lowest BCUT2D eigenvalue weighted by Gasteiger charge is -2.32. The molecule has 1 aliphatic rings. The van der Waals surface area contributed by atoms with Gasteiger partial charge in [0.05, 0.1) is 5.56 Å². The number of aliphatic hydroxyl groups is 1.